The molecule has 10 N–H and O–H groups in total. The largest absolute Gasteiger partial charge is 0.481 e. The minimum Gasteiger partial charge on any atom is -0.387 e. The van der Waals surface area contributed by atoms with Gasteiger partial charge in [0.2, 0.25) is 5.95 Å². The second-order valence-electron chi connectivity index (χ2n) is 9.50. The molecule has 0 amide bonds. The highest BCUT2D eigenvalue weighted by Crippen LogP contribution is 2.60. The third kappa shape index (κ3) is 6.46. The monoisotopic (exact) mass is 669 g/mol. The molecule has 2 unspecified atom stereocenters. The molecule has 0 saturated carbocycles. The van der Waals surface area contributed by atoms with Crippen LogP contribution in [0.1, 0.15) is 12.5 Å². The zero-order valence-electron chi connectivity index (χ0n) is 21.8. The molecule has 44 heavy (non-hydrogen) atoms. The van der Waals surface area contributed by atoms with E-state index in [1.54, 1.807) is 0 Å². The number of nitrogen functional groups attached to an aromatic ring is 1. The number of ether oxygens (including phenoxy) is 2. The fourth-order valence-electron chi connectivity index (χ4n) is 4.46. The maximum atomic E-state index is 12.4. The van der Waals surface area contributed by atoms with E-state index in [4.69, 9.17) is 15.2 Å². The summed E-state index contributed by atoms with van der Waals surface area (Å²) in [6, 6.07) is 0.939. The molecule has 10 atom stereocenters. The Morgan fingerprint density at radius 2 is 1.43 bits per heavy atom. The van der Waals surface area contributed by atoms with E-state index in [0.717, 1.165) is 27.7 Å². The third-order valence-electron chi connectivity index (χ3n) is 6.53. The first-order valence-electron chi connectivity index (χ1n) is 12.3. The van der Waals surface area contributed by atoms with Crippen molar-refractivity contribution in [2.24, 2.45) is 0 Å². The Balaban J connectivity index is 1.18. The zero-order chi connectivity index (χ0) is 32.1. The lowest BCUT2D eigenvalue weighted by Gasteiger charge is -2.20. The first-order chi connectivity index (χ1) is 20.6. The van der Waals surface area contributed by atoms with Gasteiger partial charge < -0.3 is 45.4 Å². The molecule has 0 radical (unpaired) electrons. The summed E-state index contributed by atoms with van der Waals surface area (Å²) in [5.41, 5.74) is 2.83. The fourth-order valence-corrected chi connectivity index (χ4v) is 6.55. The molecule has 0 spiro atoms. The second kappa shape index (κ2) is 12.0. The molecule has 0 aromatic carbocycles. The van der Waals surface area contributed by atoms with Crippen molar-refractivity contribution >= 4 is 32.8 Å². The van der Waals surface area contributed by atoms with E-state index in [0.29, 0.717) is 0 Å². The minimum absolute atomic E-state index is 0.112. The number of H-pyrrole nitrogens is 2. The fraction of sp³-hybridized carbons (Fsp3) is 0.526. The van der Waals surface area contributed by atoms with E-state index in [2.05, 4.69) is 28.3 Å². The van der Waals surface area contributed by atoms with Crippen molar-refractivity contribution in [3.05, 3.63) is 49.8 Å². The van der Waals surface area contributed by atoms with E-state index in [1.807, 2.05) is 4.98 Å². The van der Waals surface area contributed by atoms with Gasteiger partial charge in [-0.1, -0.05) is 0 Å². The highest BCUT2D eigenvalue weighted by Gasteiger charge is 2.48. The van der Waals surface area contributed by atoms with E-state index in [-0.39, 0.29) is 17.1 Å². The van der Waals surface area contributed by atoms with Gasteiger partial charge in [0.05, 0.1) is 19.5 Å². The summed E-state index contributed by atoms with van der Waals surface area (Å²) in [5.74, 6) is -0.277. The molecule has 5 heterocycles. The van der Waals surface area contributed by atoms with Crippen molar-refractivity contribution in [2.45, 2.75) is 49.1 Å². The van der Waals surface area contributed by atoms with Crippen LogP contribution in [0.25, 0.3) is 11.2 Å². The van der Waals surface area contributed by atoms with Gasteiger partial charge in [0, 0.05) is 12.3 Å². The number of nitrogens with zero attached hydrogens (tertiary/aromatic N) is 4. The lowest BCUT2D eigenvalue weighted by molar-refractivity contribution is -0.0555. The Morgan fingerprint density at radius 1 is 0.886 bits per heavy atom. The number of aromatic nitrogens is 6. The number of phosphoric acid groups is 2. The maximum Gasteiger partial charge on any atom is 0.481 e. The summed E-state index contributed by atoms with van der Waals surface area (Å²) in [7, 11) is -10.9. The molecule has 2 aliphatic heterocycles. The number of rotatable bonds is 10. The average molecular weight is 669 g/mol. The normalized spacial score (nSPS) is 31.7. The first-order valence-corrected chi connectivity index (χ1v) is 15.3. The number of aliphatic hydroxyl groups is 4. The Kier molecular flexibility index (Phi) is 8.78. The third-order valence-corrected chi connectivity index (χ3v) is 9.14. The number of nitrogens with one attached hydrogen (secondary N) is 2. The number of imidazole rings is 1. The SMILES string of the molecule is Nc1nc2c(ncn2[C@@H]2O[C@H](COP(=O)(O)OP(=O)(O)OC[C@H]3O[C@@H](n4ccc(=O)[nH]c4=O)[C@H](O)[C@@H]3O)[C@@H](O)[C@H]2O)c(=O)[nH]1. The summed E-state index contributed by atoms with van der Waals surface area (Å²) in [6.07, 6.45) is -11.0. The maximum absolute atomic E-state index is 12.4. The van der Waals surface area contributed by atoms with Crippen molar-refractivity contribution in [3.63, 3.8) is 0 Å². The quantitative estimate of drug-likeness (QED) is 0.0922. The number of aliphatic hydroxyl groups excluding tert-OH is 4. The van der Waals surface area contributed by atoms with Gasteiger partial charge in [-0.3, -0.25) is 37.7 Å². The molecule has 5 rings (SSSR count). The Hall–Kier alpha value is -3.15. The number of hydrogen-bond acceptors (Lipinski definition) is 17. The molecule has 3 aromatic rings. The van der Waals surface area contributed by atoms with Gasteiger partial charge in [-0.25, -0.2) is 18.9 Å². The zero-order valence-corrected chi connectivity index (χ0v) is 23.6. The molecule has 25 heteroatoms. The van der Waals surface area contributed by atoms with Crippen LogP contribution in [0.4, 0.5) is 5.95 Å². The van der Waals surface area contributed by atoms with Crippen molar-refractivity contribution in [2.75, 3.05) is 18.9 Å². The summed E-state index contributed by atoms with van der Waals surface area (Å²) in [6.45, 7) is -1.98. The Bertz CT molecular complexity index is 1810. The predicted octanol–water partition coefficient (Wildman–Crippen LogP) is -4.26. The van der Waals surface area contributed by atoms with Crippen molar-refractivity contribution in [1.29, 1.82) is 0 Å². The van der Waals surface area contributed by atoms with Crippen LogP contribution in [-0.2, 0) is 32.0 Å². The molecule has 23 nitrogen and oxygen atoms in total. The standard InChI is InChI=1S/C19H25N7O16P2/c20-18-23-14-9(15(32)24-18)21-5-26(14)17-13(31)11(29)7(41-17)4-39-44(36,37)42-43(34,35)38-3-6-10(28)12(30)16(40-6)25-2-1-8(27)22-19(25)33/h1-2,5-7,10-13,16-17,28-31H,3-4H2,(H,34,35)(H,36,37)(H,22,27,33)(H3,20,23,24,32)/t6-,7-,10-,11-,12-,13-,16-,17-/m1/s1. The lowest BCUT2D eigenvalue weighted by atomic mass is 10.1. The molecular weight excluding hydrogens is 644 g/mol. The number of nitrogens with two attached hydrogens (primary N) is 1. The van der Waals surface area contributed by atoms with Gasteiger partial charge >= 0.3 is 21.3 Å². The molecule has 242 valence electrons. The van der Waals surface area contributed by atoms with Crippen LogP contribution >= 0.6 is 15.6 Å². The summed E-state index contributed by atoms with van der Waals surface area (Å²) < 4.78 is 50.8. The van der Waals surface area contributed by atoms with Crippen LogP contribution in [0.2, 0.25) is 0 Å². The van der Waals surface area contributed by atoms with Crippen molar-refractivity contribution < 1.29 is 62.2 Å². The summed E-state index contributed by atoms with van der Waals surface area (Å²) >= 11 is 0. The molecular formula is C19H25N7O16P2. The molecule has 2 saturated heterocycles. The Morgan fingerprint density at radius 3 is 1.98 bits per heavy atom. The van der Waals surface area contributed by atoms with Crippen LogP contribution in [0.3, 0.4) is 0 Å². The van der Waals surface area contributed by atoms with Crippen LogP contribution in [0.15, 0.2) is 33.0 Å². The van der Waals surface area contributed by atoms with E-state index in [9.17, 15) is 53.7 Å². The lowest BCUT2D eigenvalue weighted by Crippen LogP contribution is -2.37. The predicted molar refractivity (Wildman–Crippen MR) is 138 cm³/mol. The second-order valence-corrected chi connectivity index (χ2v) is 12.5. The number of hydrogen-bond donors (Lipinski definition) is 9. The van der Waals surface area contributed by atoms with Gasteiger partial charge in [0.15, 0.2) is 23.6 Å². The number of phosphoric ester groups is 2. The molecule has 2 fully saturated rings. The highest BCUT2D eigenvalue weighted by atomic mass is 31.3. The van der Waals surface area contributed by atoms with Gasteiger partial charge in [-0.05, 0) is 0 Å². The van der Waals surface area contributed by atoms with Gasteiger partial charge in [-0.2, -0.15) is 9.29 Å². The molecule has 2 aliphatic rings. The molecule has 3 aromatic heterocycles. The van der Waals surface area contributed by atoms with Crippen LogP contribution in [-0.4, -0.2) is 109 Å². The molecule has 0 aliphatic carbocycles. The van der Waals surface area contributed by atoms with E-state index >= 15 is 0 Å². The Labute approximate surface area is 242 Å². The number of anilines is 1. The van der Waals surface area contributed by atoms with Crippen LogP contribution < -0.4 is 22.5 Å². The van der Waals surface area contributed by atoms with Gasteiger partial charge in [0.25, 0.3) is 11.1 Å². The van der Waals surface area contributed by atoms with E-state index in [1.165, 1.54) is 0 Å². The smallest absolute Gasteiger partial charge is 0.387 e. The van der Waals surface area contributed by atoms with Crippen LogP contribution in [0.5, 0.6) is 0 Å². The van der Waals surface area contributed by atoms with E-state index < -0.39 is 94.7 Å². The molecule has 0 bridgehead atoms. The number of fused-ring (bicyclic) bond motifs is 1. The summed E-state index contributed by atoms with van der Waals surface area (Å²) in [4.78, 5) is 67.1. The highest BCUT2D eigenvalue weighted by molar-refractivity contribution is 7.61. The van der Waals surface area contributed by atoms with Crippen molar-refractivity contribution in [1.82, 2.24) is 29.1 Å². The minimum atomic E-state index is -5.44. The van der Waals surface area contributed by atoms with Crippen LogP contribution in [0, 0.1) is 0 Å². The topological polar surface area (TPSA) is 346 Å². The van der Waals surface area contributed by atoms with Gasteiger partial charge in [0.1, 0.15) is 36.6 Å². The summed E-state index contributed by atoms with van der Waals surface area (Å²) in [5, 5.41) is 41.3. The number of aromatic amines is 2. The first kappa shape index (κ1) is 32.2. The average Bonchev–Trinajstić information content (AvgIpc) is 3.56. The van der Waals surface area contributed by atoms with Crippen molar-refractivity contribution in [3.8, 4) is 0 Å². The van der Waals surface area contributed by atoms with Gasteiger partial charge in [-0.15, -0.1) is 0 Å².